The van der Waals surface area contributed by atoms with E-state index in [0.29, 0.717) is 19.0 Å². The summed E-state index contributed by atoms with van der Waals surface area (Å²) in [5, 5.41) is 9.03. The van der Waals surface area contributed by atoms with Gasteiger partial charge in [0.25, 0.3) is 0 Å². The molecule has 0 unspecified atom stereocenters. The van der Waals surface area contributed by atoms with Crippen LogP contribution in [0.3, 0.4) is 0 Å². The Balaban J connectivity index is 2.24. The first-order valence-corrected chi connectivity index (χ1v) is 8.04. The zero-order valence-electron chi connectivity index (χ0n) is 11.5. The maximum atomic E-state index is 13.2. The fourth-order valence-electron chi connectivity index (χ4n) is 2.22. The second-order valence-electron chi connectivity index (χ2n) is 5.18. The lowest BCUT2D eigenvalue weighted by Crippen LogP contribution is -2.41. The van der Waals surface area contributed by atoms with Crippen LogP contribution in [0.5, 0.6) is 0 Å². The van der Waals surface area contributed by atoms with Crippen LogP contribution < -0.4 is 4.72 Å². The molecule has 1 heterocycles. The fourth-order valence-corrected chi connectivity index (χ4v) is 3.48. The van der Waals surface area contributed by atoms with Gasteiger partial charge in [0.05, 0.1) is 11.3 Å². The van der Waals surface area contributed by atoms with Crippen LogP contribution in [-0.2, 0) is 10.2 Å². The number of rotatable bonds is 4. The SMILES string of the molecule is CC1CCN(S(=O)(=O)Nc2cc(F)ccc2C(=O)O)CC1. The maximum Gasteiger partial charge on any atom is 0.337 e. The van der Waals surface area contributed by atoms with Crippen LogP contribution in [-0.4, -0.2) is 36.9 Å². The van der Waals surface area contributed by atoms with Gasteiger partial charge in [0.15, 0.2) is 0 Å². The van der Waals surface area contributed by atoms with Gasteiger partial charge in [0.2, 0.25) is 0 Å². The molecular formula is C13H17FN2O4S. The standard InChI is InChI=1S/C13H17FN2O4S/c1-9-4-6-16(7-5-9)21(19,20)15-12-8-10(14)2-3-11(12)13(17)18/h2-3,8-9,15H,4-7H2,1H3,(H,17,18). The van der Waals surface area contributed by atoms with Crippen LogP contribution in [0.1, 0.15) is 30.1 Å². The first kappa shape index (κ1) is 15.7. The highest BCUT2D eigenvalue weighted by Gasteiger charge is 2.27. The summed E-state index contributed by atoms with van der Waals surface area (Å²) in [6.07, 6.45) is 1.49. The number of piperidine rings is 1. The van der Waals surface area contributed by atoms with Crippen LogP contribution in [0, 0.1) is 11.7 Å². The van der Waals surface area contributed by atoms with Crippen LogP contribution >= 0.6 is 0 Å². The smallest absolute Gasteiger partial charge is 0.337 e. The van der Waals surface area contributed by atoms with E-state index >= 15 is 0 Å². The molecule has 0 aliphatic carbocycles. The second kappa shape index (κ2) is 5.98. The van der Waals surface area contributed by atoms with Gasteiger partial charge in [-0.15, -0.1) is 0 Å². The molecule has 1 aliphatic heterocycles. The molecule has 6 nitrogen and oxygen atoms in total. The summed E-state index contributed by atoms with van der Waals surface area (Å²) in [4.78, 5) is 11.1. The van der Waals surface area contributed by atoms with Crippen LogP contribution in [0.4, 0.5) is 10.1 Å². The van der Waals surface area contributed by atoms with E-state index in [1.54, 1.807) is 0 Å². The number of benzene rings is 1. The van der Waals surface area contributed by atoms with Crippen molar-refractivity contribution in [3.8, 4) is 0 Å². The molecule has 116 valence electrons. The van der Waals surface area contributed by atoms with E-state index in [1.165, 1.54) is 4.31 Å². The quantitative estimate of drug-likeness (QED) is 0.888. The molecule has 2 N–H and O–H groups in total. The third kappa shape index (κ3) is 3.70. The average molecular weight is 316 g/mol. The van der Waals surface area contributed by atoms with Gasteiger partial charge >= 0.3 is 16.2 Å². The number of aromatic carboxylic acids is 1. The van der Waals surface area contributed by atoms with E-state index in [1.807, 2.05) is 6.92 Å². The number of hydrogen-bond donors (Lipinski definition) is 2. The summed E-state index contributed by atoms with van der Waals surface area (Å²) in [5.41, 5.74) is -0.550. The molecule has 21 heavy (non-hydrogen) atoms. The molecule has 1 aromatic rings. The zero-order valence-corrected chi connectivity index (χ0v) is 12.4. The topological polar surface area (TPSA) is 86.7 Å². The van der Waals surface area contributed by atoms with Crippen molar-refractivity contribution in [3.05, 3.63) is 29.6 Å². The lowest BCUT2D eigenvalue weighted by Gasteiger charge is -2.29. The molecule has 1 fully saturated rings. The van der Waals surface area contributed by atoms with Gasteiger partial charge in [-0.25, -0.2) is 9.18 Å². The Kier molecular flexibility index (Phi) is 4.48. The van der Waals surface area contributed by atoms with E-state index in [-0.39, 0.29) is 11.3 Å². The molecule has 0 bridgehead atoms. The molecule has 2 rings (SSSR count). The Morgan fingerprint density at radius 2 is 2.00 bits per heavy atom. The first-order chi connectivity index (χ1) is 9.79. The Hall–Kier alpha value is -1.67. The van der Waals surface area contributed by atoms with Crippen molar-refractivity contribution in [2.24, 2.45) is 5.92 Å². The summed E-state index contributed by atoms with van der Waals surface area (Å²) in [7, 11) is -3.88. The minimum absolute atomic E-state index is 0.263. The molecule has 1 aliphatic rings. The van der Waals surface area contributed by atoms with Gasteiger partial charge < -0.3 is 5.11 Å². The van der Waals surface area contributed by atoms with Gasteiger partial charge in [0.1, 0.15) is 5.82 Å². The van der Waals surface area contributed by atoms with E-state index in [2.05, 4.69) is 4.72 Å². The van der Waals surface area contributed by atoms with Gasteiger partial charge in [-0.3, -0.25) is 4.72 Å². The zero-order chi connectivity index (χ0) is 15.6. The Bertz CT molecular complexity index is 640. The largest absolute Gasteiger partial charge is 0.478 e. The molecule has 1 aromatic carbocycles. The predicted molar refractivity (Wildman–Crippen MR) is 75.9 cm³/mol. The minimum atomic E-state index is -3.88. The lowest BCUT2D eigenvalue weighted by atomic mass is 10.0. The summed E-state index contributed by atoms with van der Waals surface area (Å²) >= 11 is 0. The third-order valence-corrected chi connectivity index (χ3v) is 5.06. The Morgan fingerprint density at radius 3 is 2.57 bits per heavy atom. The highest BCUT2D eigenvalue weighted by Crippen LogP contribution is 2.23. The molecular weight excluding hydrogens is 299 g/mol. The van der Waals surface area contributed by atoms with Crippen molar-refractivity contribution < 1.29 is 22.7 Å². The van der Waals surface area contributed by atoms with Crippen molar-refractivity contribution in [2.45, 2.75) is 19.8 Å². The average Bonchev–Trinajstić information content (AvgIpc) is 2.38. The Labute approximate surface area is 122 Å². The van der Waals surface area contributed by atoms with Crippen molar-refractivity contribution in [1.29, 1.82) is 0 Å². The summed E-state index contributed by atoms with van der Waals surface area (Å²) in [6, 6.07) is 2.88. The third-order valence-electron chi connectivity index (χ3n) is 3.53. The number of carboxylic acid groups (broad SMARTS) is 1. The molecule has 0 atom stereocenters. The Morgan fingerprint density at radius 1 is 1.38 bits per heavy atom. The van der Waals surface area contributed by atoms with Crippen LogP contribution in [0.2, 0.25) is 0 Å². The molecule has 1 saturated heterocycles. The van der Waals surface area contributed by atoms with E-state index < -0.39 is 22.0 Å². The number of carboxylic acids is 1. The van der Waals surface area contributed by atoms with E-state index in [4.69, 9.17) is 5.11 Å². The summed E-state index contributed by atoms with van der Waals surface area (Å²) < 4.78 is 41.2. The van der Waals surface area contributed by atoms with Crippen molar-refractivity contribution >= 4 is 21.9 Å². The van der Waals surface area contributed by atoms with Gasteiger partial charge in [0, 0.05) is 13.1 Å². The summed E-state index contributed by atoms with van der Waals surface area (Å²) in [6.45, 7) is 2.79. The fraction of sp³-hybridized carbons (Fsp3) is 0.462. The monoisotopic (exact) mass is 316 g/mol. The predicted octanol–water partition coefficient (Wildman–Crippen LogP) is 1.91. The minimum Gasteiger partial charge on any atom is -0.478 e. The molecule has 0 saturated carbocycles. The van der Waals surface area contributed by atoms with Crippen molar-refractivity contribution in [1.82, 2.24) is 4.31 Å². The normalized spacial score (nSPS) is 17.6. The lowest BCUT2D eigenvalue weighted by molar-refractivity contribution is 0.0698. The van der Waals surface area contributed by atoms with Crippen molar-refractivity contribution in [2.75, 3.05) is 17.8 Å². The summed E-state index contributed by atoms with van der Waals surface area (Å²) in [5.74, 6) is -1.56. The van der Waals surface area contributed by atoms with Gasteiger partial charge in [-0.2, -0.15) is 12.7 Å². The number of hydrogen-bond acceptors (Lipinski definition) is 3. The van der Waals surface area contributed by atoms with Crippen LogP contribution in [0.15, 0.2) is 18.2 Å². The van der Waals surface area contributed by atoms with Gasteiger partial charge in [-0.1, -0.05) is 6.92 Å². The van der Waals surface area contributed by atoms with E-state index in [9.17, 15) is 17.6 Å². The maximum absolute atomic E-state index is 13.2. The van der Waals surface area contributed by atoms with E-state index in [0.717, 1.165) is 31.0 Å². The molecule has 0 aromatic heterocycles. The molecule has 0 spiro atoms. The number of nitrogens with zero attached hydrogens (tertiary/aromatic N) is 1. The van der Waals surface area contributed by atoms with Gasteiger partial charge in [-0.05, 0) is 37.0 Å². The molecule has 0 amide bonds. The molecule has 8 heteroatoms. The molecule has 0 radical (unpaired) electrons. The first-order valence-electron chi connectivity index (χ1n) is 6.60. The highest BCUT2D eigenvalue weighted by molar-refractivity contribution is 7.90. The second-order valence-corrected chi connectivity index (χ2v) is 6.85. The number of carbonyl (C=O) groups is 1. The number of halogens is 1. The highest BCUT2D eigenvalue weighted by atomic mass is 32.2. The number of anilines is 1. The van der Waals surface area contributed by atoms with Crippen LogP contribution in [0.25, 0.3) is 0 Å². The van der Waals surface area contributed by atoms with Crippen molar-refractivity contribution in [3.63, 3.8) is 0 Å². The number of nitrogens with one attached hydrogen (secondary N) is 1.